The molecule has 3 amide bonds. The summed E-state index contributed by atoms with van der Waals surface area (Å²) in [6, 6.07) is -1.17. The summed E-state index contributed by atoms with van der Waals surface area (Å²) < 4.78 is 0. The van der Waals surface area contributed by atoms with Crippen LogP contribution in [-0.2, 0) is 4.79 Å². The van der Waals surface area contributed by atoms with Crippen molar-refractivity contribution in [2.45, 2.75) is 25.8 Å². The number of urea groups is 1. The van der Waals surface area contributed by atoms with Gasteiger partial charge in [0.15, 0.2) is 0 Å². The molecule has 0 rings (SSSR count). The van der Waals surface area contributed by atoms with Crippen LogP contribution in [-0.4, -0.2) is 50.1 Å². The molecule has 0 fully saturated rings. The fraction of sp³-hybridized carbons (Fsp3) is 0.800. The highest BCUT2D eigenvalue weighted by molar-refractivity contribution is 5.86. The van der Waals surface area contributed by atoms with E-state index in [-0.39, 0.29) is 5.91 Å². The van der Waals surface area contributed by atoms with Crippen LogP contribution in [0.2, 0.25) is 0 Å². The summed E-state index contributed by atoms with van der Waals surface area (Å²) in [5.41, 5.74) is 5.03. The molecule has 0 bridgehead atoms. The van der Waals surface area contributed by atoms with E-state index in [0.29, 0.717) is 13.0 Å². The number of carbonyl (C=O) groups is 2. The van der Waals surface area contributed by atoms with E-state index < -0.39 is 12.1 Å². The van der Waals surface area contributed by atoms with Crippen molar-refractivity contribution in [3.8, 4) is 0 Å². The molecule has 0 aromatic rings. The molecule has 6 heteroatoms. The molecule has 94 valence electrons. The van der Waals surface area contributed by atoms with Crippen molar-refractivity contribution in [2.75, 3.05) is 27.2 Å². The highest BCUT2D eigenvalue weighted by Gasteiger charge is 2.21. The summed E-state index contributed by atoms with van der Waals surface area (Å²) in [6.07, 6.45) is 1.42. The zero-order valence-electron chi connectivity index (χ0n) is 10.2. The number of likely N-dealkylation sites (N-methyl/N-ethyl adjacent to an activating group) is 2. The molecule has 0 saturated heterocycles. The molecule has 16 heavy (non-hydrogen) atoms. The molecule has 6 nitrogen and oxygen atoms in total. The van der Waals surface area contributed by atoms with Gasteiger partial charge in [-0.05, 0) is 13.5 Å². The molecule has 0 saturated carbocycles. The summed E-state index contributed by atoms with van der Waals surface area (Å²) in [5, 5.41) is 5.42. The molecule has 0 aliphatic rings. The van der Waals surface area contributed by atoms with E-state index in [1.54, 1.807) is 11.9 Å². The number of nitrogens with one attached hydrogen (secondary N) is 2. The van der Waals surface area contributed by atoms with E-state index in [1.165, 1.54) is 0 Å². The third-order valence-corrected chi connectivity index (χ3v) is 2.27. The van der Waals surface area contributed by atoms with Crippen molar-refractivity contribution in [3.05, 3.63) is 0 Å². The van der Waals surface area contributed by atoms with E-state index in [4.69, 9.17) is 5.73 Å². The van der Waals surface area contributed by atoms with Crippen molar-refractivity contribution in [1.29, 1.82) is 0 Å². The average Bonchev–Trinajstić information content (AvgIpc) is 2.23. The van der Waals surface area contributed by atoms with Crippen LogP contribution in [0.5, 0.6) is 0 Å². The molecule has 0 unspecified atom stereocenters. The molecule has 0 heterocycles. The van der Waals surface area contributed by atoms with Crippen LogP contribution in [0, 0.1) is 0 Å². The molecular weight excluding hydrogens is 208 g/mol. The van der Waals surface area contributed by atoms with Gasteiger partial charge in [-0.25, -0.2) is 4.79 Å². The van der Waals surface area contributed by atoms with Gasteiger partial charge in [-0.15, -0.1) is 0 Å². The van der Waals surface area contributed by atoms with Crippen LogP contribution in [0.15, 0.2) is 0 Å². The summed E-state index contributed by atoms with van der Waals surface area (Å²) >= 11 is 0. The number of carbonyl (C=O) groups excluding carboxylic acids is 2. The van der Waals surface area contributed by atoms with Gasteiger partial charge in [-0.3, -0.25) is 4.79 Å². The Bertz CT molecular complexity index is 233. The van der Waals surface area contributed by atoms with E-state index in [2.05, 4.69) is 10.6 Å². The van der Waals surface area contributed by atoms with Crippen LogP contribution in [0.25, 0.3) is 0 Å². The predicted molar refractivity (Wildman–Crippen MR) is 63.0 cm³/mol. The van der Waals surface area contributed by atoms with Gasteiger partial charge in [0.25, 0.3) is 0 Å². The van der Waals surface area contributed by atoms with Crippen LogP contribution >= 0.6 is 0 Å². The number of rotatable bonds is 7. The second-order valence-electron chi connectivity index (χ2n) is 3.71. The van der Waals surface area contributed by atoms with Gasteiger partial charge in [0.05, 0.1) is 0 Å². The predicted octanol–water partition coefficient (Wildman–Crippen LogP) is -0.499. The molecule has 1 atom stereocenters. The fourth-order valence-corrected chi connectivity index (χ4v) is 1.37. The fourth-order valence-electron chi connectivity index (χ4n) is 1.37. The minimum Gasteiger partial charge on any atom is -0.352 e. The zero-order valence-corrected chi connectivity index (χ0v) is 10.2. The Morgan fingerprint density at radius 2 is 2.06 bits per heavy atom. The van der Waals surface area contributed by atoms with Crippen molar-refractivity contribution >= 4 is 11.9 Å². The lowest BCUT2D eigenvalue weighted by molar-refractivity contribution is -0.132. The standard InChI is InChI=1S/C10H22N4O2/c1-4-5-8(13-10(11)16)9(15)14(3)7-6-12-2/h8,12H,4-7H2,1-3H3,(H3,11,13,16)/t8-/m1/s1. The summed E-state index contributed by atoms with van der Waals surface area (Å²) in [6.45, 7) is 3.28. The quantitative estimate of drug-likeness (QED) is 0.551. The topological polar surface area (TPSA) is 87.5 Å². The molecule has 0 spiro atoms. The maximum absolute atomic E-state index is 11.9. The Labute approximate surface area is 96.5 Å². The first-order valence-electron chi connectivity index (χ1n) is 5.48. The van der Waals surface area contributed by atoms with E-state index in [1.807, 2.05) is 14.0 Å². The van der Waals surface area contributed by atoms with Gasteiger partial charge in [-0.1, -0.05) is 13.3 Å². The van der Waals surface area contributed by atoms with Crippen LogP contribution < -0.4 is 16.4 Å². The molecule has 0 aromatic heterocycles. The first kappa shape index (κ1) is 14.7. The van der Waals surface area contributed by atoms with Gasteiger partial charge in [0.1, 0.15) is 6.04 Å². The van der Waals surface area contributed by atoms with E-state index >= 15 is 0 Å². The Morgan fingerprint density at radius 3 is 2.50 bits per heavy atom. The monoisotopic (exact) mass is 230 g/mol. The smallest absolute Gasteiger partial charge is 0.312 e. The lowest BCUT2D eigenvalue weighted by atomic mass is 10.1. The minimum absolute atomic E-state index is 0.101. The second-order valence-corrected chi connectivity index (χ2v) is 3.71. The van der Waals surface area contributed by atoms with Crippen LogP contribution in [0.1, 0.15) is 19.8 Å². The molecule has 0 radical (unpaired) electrons. The second kappa shape index (κ2) is 7.92. The molecular formula is C10H22N4O2. The van der Waals surface area contributed by atoms with E-state index in [9.17, 15) is 9.59 Å². The van der Waals surface area contributed by atoms with Crippen molar-refractivity contribution in [1.82, 2.24) is 15.5 Å². The molecule has 0 aromatic carbocycles. The maximum Gasteiger partial charge on any atom is 0.312 e. The number of hydrogen-bond acceptors (Lipinski definition) is 3. The van der Waals surface area contributed by atoms with Crippen LogP contribution in [0.3, 0.4) is 0 Å². The first-order valence-corrected chi connectivity index (χ1v) is 5.48. The normalized spacial score (nSPS) is 11.9. The van der Waals surface area contributed by atoms with Gasteiger partial charge < -0.3 is 21.3 Å². The van der Waals surface area contributed by atoms with Gasteiger partial charge >= 0.3 is 6.03 Å². The maximum atomic E-state index is 11.9. The minimum atomic E-state index is -0.659. The molecule has 4 N–H and O–H groups in total. The number of amides is 3. The molecule has 0 aliphatic heterocycles. The van der Waals surface area contributed by atoms with Gasteiger partial charge in [0, 0.05) is 20.1 Å². The Morgan fingerprint density at radius 1 is 1.44 bits per heavy atom. The third kappa shape index (κ3) is 5.55. The number of nitrogens with two attached hydrogens (primary N) is 1. The lowest BCUT2D eigenvalue weighted by Gasteiger charge is -2.23. The Kier molecular flexibility index (Phi) is 7.28. The highest BCUT2D eigenvalue weighted by Crippen LogP contribution is 2.00. The number of primary amides is 1. The van der Waals surface area contributed by atoms with Crippen molar-refractivity contribution in [3.63, 3.8) is 0 Å². The lowest BCUT2D eigenvalue weighted by Crippen LogP contribution is -2.49. The van der Waals surface area contributed by atoms with Crippen molar-refractivity contribution < 1.29 is 9.59 Å². The average molecular weight is 230 g/mol. The Hall–Kier alpha value is -1.30. The number of nitrogens with zero attached hydrogens (tertiary/aromatic N) is 1. The third-order valence-electron chi connectivity index (χ3n) is 2.27. The number of hydrogen-bond donors (Lipinski definition) is 3. The summed E-state index contributed by atoms with van der Waals surface area (Å²) in [4.78, 5) is 24.2. The Balaban J connectivity index is 4.29. The van der Waals surface area contributed by atoms with Gasteiger partial charge in [0.2, 0.25) is 5.91 Å². The first-order chi connectivity index (χ1) is 7.52. The zero-order chi connectivity index (χ0) is 12.6. The van der Waals surface area contributed by atoms with Crippen LogP contribution in [0.4, 0.5) is 4.79 Å². The SMILES string of the molecule is CCC[C@@H](NC(N)=O)C(=O)N(C)CCNC. The summed E-state index contributed by atoms with van der Waals surface area (Å²) in [5.74, 6) is -0.101. The van der Waals surface area contributed by atoms with Gasteiger partial charge in [-0.2, -0.15) is 0 Å². The largest absolute Gasteiger partial charge is 0.352 e. The molecule has 0 aliphatic carbocycles. The van der Waals surface area contributed by atoms with Crippen molar-refractivity contribution in [2.24, 2.45) is 5.73 Å². The van der Waals surface area contributed by atoms with E-state index in [0.717, 1.165) is 13.0 Å². The highest BCUT2D eigenvalue weighted by atomic mass is 16.2. The summed E-state index contributed by atoms with van der Waals surface area (Å²) in [7, 11) is 3.54.